The number of amides is 2. The number of nitrogens with one attached hydrogen (secondary N) is 1. The fourth-order valence-electron chi connectivity index (χ4n) is 4.46. The lowest BCUT2D eigenvalue weighted by molar-refractivity contribution is -0.140. The maximum atomic E-state index is 14.9. The molecule has 9 nitrogen and oxygen atoms in total. The zero-order chi connectivity index (χ0) is 30.7. The number of carbonyl (C=O) groups is 2. The summed E-state index contributed by atoms with van der Waals surface area (Å²) >= 11 is 0. The Balaban J connectivity index is 2.10. The fraction of sp³-hybridized carbons (Fsp3) is 0.355. The van der Waals surface area contributed by atoms with Crippen LogP contribution in [0, 0.1) is 5.82 Å². The van der Waals surface area contributed by atoms with Gasteiger partial charge in [-0.25, -0.2) is 12.8 Å². The van der Waals surface area contributed by atoms with Crippen molar-refractivity contribution in [1.29, 1.82) is 0 Å². The molecule has 0 radical (unpaired) electrons. The van der Waals surface area contributed by atoms with Gasteiger partial charge in [0, 0.05) is 31.1 Å². The number of halogens is 1. The predicted octanol–water partition coefficient (Wildman–Crippen LogP) is 4.17. The van der Waals surface area contributed by atoms with E-state index in [9.17, 15) is 22.4 Å². The number of nitrogens with zero attached hydrogens (tertiary/aromatic N) is 2. The summed E-state index contributed by atoms with van der Waals surface area (Å²) in [7, 11) is -1.21. The Morgan fingerprint density at radius 1 is 0.976 bits per heavy atom. The Bertz CT molecular complexity index is 1450. The molecular formula is C31H38FN3O6S. The Morgan fingerprint density at radius 2 is 1.67 bits per heavy atom. The molecule has 0 aliphatic heterocycles. The van der Waals surface area contributed by atoms with Crippen LogP contribution in [0.4, 0.5) is 10.1 Å². The third-order valence-electron chi connectivity index (χ3n) is 6.73. The second kappa shape index (κ2) is 15.2. The Morgan fingerprint density at radius 3 is 2.29 bits per heavy atom. The molecule has 0 spiro atoms. The average molecular weight is 600 g/mol. The van der Waals surface area contributed by atoms with Gasteiger partial charge in [0.25, 0.3) is 0 Å². The first-order chi connectivity index (χ1) is 20.1. The van der Waals surface area contributed by atoms with E-state index in [0.717, 1.165) is 29.0 Å². The molecule has 0 saturated heterocycles. The van der Waals surface area contributed by atoms with Crippen LogP contribution in [0.25, 0.3) is 0 Å². The molecule has 1 atom stereocenters. The molecule has 0 saturated carbocycles. The van der Waals surface area contributed by atoms with E-state index >= 15 is 0 Å². The van der Waals surface area contributed by atoms with Gasteiger partial charge in [-0.15, -0.1) is 0 Å². The smallest absolute Gasteiger partial charge is 0.244 e. The number of hydrogen-bond acceptors (Lipinski definition) is 6. The summed E-state index contributed by atoms with van der Waals surface area (Å²) in [6, 6.07) is 18.7. The number of rotatable bonds is 15. The molecule has 0 fully saturated rings. The van der Waals surface area contributed by atoms with Crippen molar-refractivity contribution in [3.8, 4) is 11.5 Å². The van der Waals surface area contributed by atoms with Crippen LogP contribution in [0.3, 0.4) is 0 Å². The molecule has 2 amide bonds. The third-order valence-corrected chi connectivity index (χ3v) is 7.86. The fourth-order valence-corrected chi connectivity index (χ4v) is 5.30. The summed E-state index contributed by atoms with van der Waals surface area (Å²) in [6.45, 7) is 1.48. The minimum Gasteiger partial charge on any atom is -0.497 e. The topological polar surface area (TPSA) is 105 Å². The molecule has 3 rings (SSSR count). The molecule has 3 aromatic rings. The summed E-state index contributed by atoms with van der Waals surface area (Å²) in [6.07, 6.45) is 2.70. The van der Waals surface area contributed by atoms with Gasteiger partial charge in [-0.2, -0.15) is 0 Å². The van der Waals surface area contributed by atoms with Crippen LogP contribution in [-0.2, 0) is 32.6 Å². The molecule has 0 aliphatic rings. The first-order valence-electron chi connectivity index (χ1n) is 13.6. The summed E-state index contributed by atoms with van der Waals surface area (Å²) in [5.74, 6) is -1.10. The molecule has 1 N–H and O–H groups in total. The third kappa shape index (κ3) is 8.69. The summed E-state index contributed by atoms with van der Waals surface area (Å²) in [5.41, 5.74) is 1.06. The molecule has 0 bridgehead atoms. The first-order valence-corrected chi connectivity index (χ1v) is 15.5. The van der Waals surface area contributed by atoms with Crippen LogP contribution in [0.15, 0.2) is 72.8 Å². The van der Waals surface area contributed by atoms with Crippen molar-refractivity contribution >= 4 is 27.5 Å². The van der Waals surface area contributed by atoms with E-state index in [-0.39, 0.29) is 30.0 Å². The van der Waals surface area contributed by atoms with E-state index in [2.05, 4.69) is 5.32 Å². The van der Waals surface area contributed by atoms with Crippen LogP contribution in [0.1, 0.15) is 30.9 Å². The standard InChI is InChI=1S/C31H38FN3O6S/c1-5-6-18-33-31(37)28(19-23-12-8-7-9-13-23)34(21-24-14-10-11-15-26(24)32)30(36)22-35(42(4,38)39)27-20-25(40-2)16-17-29(27)41-3/h7-17,20,28H,5-6,18-19,21-22H2,1-4H3,(H,33,37). The van der Waals surface area contributed by atoms with Crippen LogP contribution < -0.4 is 19.1 Å². The lowest BCUT2D eigenvalue weighted by atomic mass is 10.0. The van der Waals surface area contributed by atoms with Crippen LogP contribution in [0.5, 0.6) is 11.5 Å². The number of anilines is 1. The summed E-state index contributed by atoms with van der Waals surface area (Å²) in [4.78, 5) is 29.0. The molecule has 0 aliphatic carbocycles. The van der Waals surface area contributed by atoms with Gasteiger partial charge in [-0.05, 0) is 30.2 Å². The first kappa shape index (κ1) is 32.4. The highest BCUT2D eigenvalue weighted by molar-refractivity contribution is 7.92. The average Bonchev–Trinajstić information content (AvgIpc) is 2.98. The Kier molecular flexibility index (Phi) is 11.7. The highest BCUT2D eigenvalue weighted by Gasteiger charge is 2.34. The molecule has 11 heteroatoms. The van der Waals surface area contributed by atoms with E-state index in [0.29, 0.717) is 12.3 Å². The second-order valence-electron chi connectivity index (χ2n) is 9.77. The Labute approximate surface area is 247 Å². The number of hydrogen-bond donors (Lipinski definition) is 1. The number of sulfonamides is 1. The molecule has 3 aromatic carbocycles. The zero-order valence-corrected chi connectivity index (χ0v) is 25.2. The van der Waals surface area contributed by atoms with Gasteiger partial charge in [0.2, 0.25) is 21.8 Å². The normalized spacial score (nSPS) is 11.8. The molecule has 42 heavy (non-hydrogen) atoms. The summed E-state index contributed by atoms with van der Waals surface area (Å²) in [5, 5.41) is 2.89. The van der Waals surface area contributed by atoms with Gasteiger partial charge in [-0.3, -0.25) is 13.9 Å². The molecule has 0 heterocycles. The van der Waals surface area contributed by atoms with E-state index in [4.69, 9.17) is 9.47 Å². The molecule has 0 aromatic heterocycles. The summed E-state index contributed by atoms with van der Waals surface area (Å²) < 4.78 is 52.6. The number of carbonyl (C=O) groups excluding carboxylic acids is 2. The van der Waals surface area contributed by atoms with Crippen molar-refractivity contribution in [3.63, 3.8) is 0 Å². The van der Waals surface area contributed by atoms with Crippen molar-refractivity contribution in [3.05, 3.63) is 89.7 Å². The minimum absolute atomic E-state index is 0.0885. The maximum Gasteiger partial charge on any atom is 0.244 e. The van der Waals surface area contributed by atoms with Gasteiger partial charge >= 0.3 is 0 Å². The van der Waals surface area contributed by atoms with E-state index in [1.54, 1.807) is 12.1 Å². The van der Waals surface area contributed by atoms with Gasteiger partial charge in [0.15, 0.2) is 0 Å². The Hall–Kier alpha value is -4.12. The number of benzene rings is 3. The lowest BCUT2D eigenvalue weighted by Gasteiger charge is -2.34. The molecule has 226 valence electrons. The number of unbranched alkanes of at least 4 members (excludes halogenated alkanes) is 1. The van der Waals surface area contributed by atoms with Gasteiger partial charge in [-0.1, -0.05) is 61.9 Å². The number of ether oxygens (including phenoxy) is 2. The minimum atomic E-state index is -4.03. The molecular weight excluding hydrogens is 561 g/mol. The van der Waals surface area contributed by atoms with Crippen molar-refractivity contribution in [2.45, 2.75) is 38.8 Å². The van der Waals surface area contributed by atoms with Crippen LogP contribution in [-0.4, -0.2) is 64.7 Å². The van der Waals surface area contributed by atoms with E-state index < -0.39 is 40.2 Å². The second-order valence-corrected chi connectivity index (χ2v) is 11.7. The van der Waals surface area contributed by atoms with Crippen LogP contribution >= 0.6 is 0 Å². The van der Waals surface area contributed by atoms with Crippen molar-refractivity contribution in [1.82, 2.24) is 10.2 Å². The van der Waals surface area contributed by atoms with Gasteiger partial charge < -0.3 is 19.7 Å². The van der Waals surface area contributed by atoms with Crippen molar-refractivity contribution in [2.24, 2.45) is 0 Å². The van der Waals surface area contributed by atoms with Gasteiger partial charge in [0.1, 0.15) is 29.9 Å². The van der Waals surface area contributed by atoms with Crippen molar-refractivity contribution in [2.75, 3.05) is 37.9 Å². The highest BCUT2D eigenvalue weighted by atomic mass is 32.2. The SMILES string of the molecule is CCCCNC(=O)C(Cc1ccccc1)N(Cc1ccccc1F)C(=O)CN(c1cc(OC)ccc1OC)S(C)(=O)=O. The monoisotopic (exact) mass is 599 g/mol. The predicted molar refractivity (Wildman–Crippen MR) is 161 cm³/mol. The maximum absolute atomic E-state index is 14.9. The van der Waals surface area contributed by atoms with Crippen molar-refractivity contribution < 1.29 is 31.9 Å². The lowest BCUT2D eigenvalue weighted by Crippen LogP contribution is -2.53. The van der Waals surface area contributed by atoms with Crippen LogP contribution in [0.2, 0.25) is 0 Å². The van der Waals surface area contributed by atoms with E-state index in [1.165, 1.54) is 49.5 Å². The largest absolute Gasteiger partial charge is 0.497 e. The van der Waals surface area contributed by atoms with Gasteiger partial charge in [0.05, 0.1) is 26.2 Å². The quantitative estimate of drug-likeness (QED) is 0.263. The number of methoxy groups -OCH3 is 2. The molecule has 1 unspecified atom stereocenters. The van der Waals surface area contributed by atoms with E-state index in [1.807, 2.05) is 37.3 Å². The highest BCUT2D eigenvalue weighted by Crippen LogP contribution is 2.34. The zero-order valence-electron chi connectivity index (χ0n) is 24.4.